The van der Waals surface area contributed by atoms with Gasteiger partial charge in [-0.05, 0) is 50.2 Å². The van der Waals surface area contributed by atoms with Crippen LogP contribution >= 0.6 is 0 Å². The average Bonchev–Trinajstić information content (AvgIpc) is 2.54. The highest BCUT2D eigenvalue weighted by Crippen LogP contribution is 2.40. The van der Waals surface area contributed by atoms with E-state index in [1.54, 1.807) is 16.4 Å². The number of rotatable bonds is 0. The van der Waals surface area contributed by atoms with Crippen molar-refractivity contribution in [2.24, 2.45) is 13.0 Å². The van der Waals surface area contributed by atoms with Crippen LogP contribution in [0.15, 0.2) is 20.7 Å². The molecule has 1 aliphatic heterocycles. The van der Waals surface area contributed by atoms with Crippen LogP contribution in [0, 0.1) is 5.92 Å². The van der Waals surface area contributed by atoms with E-state index in [4.69, 9.17) is 0 Å². The molecule has 0 fully saturated rings. The van der Waals surface area contributed by atoms with Crippen LogP contribution in [0.25, 0.3) is 0 Å². The second-order valence-corrected chi connectivity index (χ2v) is 6.48. The molecule has 1 unspecified atom stereocenters. The van der Waals surface area contributed by atoms with Crippen molar-refractivity contribution in [3.05, 3.63) is 32.1 Å². The SMILES string of the molecule is CC1CCC2=C(C1)Cn1c(=O)n(C)c(=O)n1C2(C)C. The van der Waals surface area contributed by atoms with E-state index in [0.29, 0.717) is 12.5 Å². The van der Waals surface area contributed by atoms with Crippen molar-refractivity contribution in [3.63, 3.8) is 0 Å². The first kappa shape index (κ1) is 12.5. The first-order chi connectivity index (χ1) is 8.84. The van der Waals surface area contributed by atoms with E-state index in [0.717, 1.165) is 12.8 Å². The molecule has 3 rings (SSSR count). The third-order valence-corrected chi connectivity index (χ3v) is 4.73. The largest absolute Gasteiger partial charge is 0.347 e. The van der Waals surface area contributed by atoms with Gasteiger partial charge in [-0.2, -0.15) is 0 Å². The number of fused-ring (bicyclic) bond motifs is 1. The first-order valence-corrected chi connectivity index (χ1v) is 6.94. The van der Waals surface area contributed by atoms with Gasteiger partial charge in [0.15, 0.2) is 0 Å². The molecule has 0 N–H and O–H groups in total. The van der Waals surface area contributed by atoms with Gasteiger partial charge in [0.1, 0.15) is 0 Å². The standard InChI is InChI=1S/C14H21N3O2/c1-9-5-6-11-10(7-9)8-16-12(18)15(4)13(19)17(16)14(11,2)3/h9H,5-8H2,1-4H3. The van der Waals surface area contributed by atoms with Crippen molar-refractivity contribution in [1.29, 1.82) is 0 Å². The van der Waals surface area contributed by atoms with Crippen molar-refractivity contribution in [3.8, 4) is 0 Å². The minimum Gasteiger partial charge on any atom is -0.246 e. The van der Waals surface area contributed by atoms with Crippen molar-refractivity contribution in [2.45, 2.75) is 52.1 Å². The van der Waals surface area contributed by atoms with Crippen LogP contribution in [-0.2, 0) is 19.1 Å². The third-order valence-electron chi connectivity index (χ3n) is 4.73. The monoisotopic (exact) mass is 263 g/mol. The zero-order valence-electron chi connectivity index (χ0n) is 12.1. The lowest BCUT2D eigenvalue weighted by Gasteiger charge is -2.40. The molecule has 0 aromatic carbocycles. The Balaban J connectivity index is 2.26. The van der Waals surface area contributed by atoms with E-state index in [9.17, 15) is 9.59 Å². The van der Waals surface area contributed by atoms with Crippen LogP contribution in [-0.4, -0.2) is 13.9 Å². The summed E-state index contributed by atoms with van der Waals surface area (Å²) in [5.41, 5.74) is 1.92. The maximum absolute atomic E-state index is 12.3. The van der Waals surface area contributed by atoms with Gasteiger partial charge in [-0.15, -0.1) is 0 Å². The summed E-state index contributed by atoms with van der Waals surface area (Å²) in [6.07, 6.45) is 3.27. The number of hydrogen-bond donors (Lipinski definition) is 0. The second kappa shape index (κ2) is 3.74. The topological polar surface area (TPSA) is 48.9 Å². The Bertz CT molecular complexity index is 685. The summed E-state index contributed by atoms with van der Waals surface area (Å²) in [6, 6.07) is 0. The molecule has 19 heavy (non-hydrogen) atoms. The molecule has 0 spiro atoms. The van der Waals surface area contributed by atoms with Crippen LogP contribution < -0.4 is 11.4 Å². The molecule has 2 aliphatic rings. The summed E-state index contributed by atoms with van der Waals surface area (Å²) in [7, 11) is 1.56. The molecule has 2 heterocycles. The number of hydrogen-bond acceptors (Lipinski definition) is 2. The molecule has 1 aromatic rings. The highest BCUT2D eigenvalue weighted by atomic mass is 16.2. The number of aromatic nitrogens is 3. The maximum Gasteiger partial charge on any atom is 0.347 e. The molecule has 5 heteroatoms. The first-order valence-electron chi connectivity index (χ1n) is 6.94. The molecule has 1 atom stereocenters. The average molecular weight is 263 g/mol. The molecular formula is C14H21N3O2. The molecule has 1 aliphatic carbocycles. The predicted octanol–water partition coefficient (Wildman–Crippen LogP) is 1.21. The van der Waals surface area contributed by atoms with Gasteiger partial charge in [0.25, 0.3) is 0 Å². The van der Waals surface area contributed by atoms with E-state index in [1.165, 1.54) is 22.1 Å². The molecular weight excluding hydrogens is 242 g/mol. The third kappa shape index (κ3) is 1.53. The van der Waals surface area contributed by atoms with Crippen LogP contribution in [0.1, 0.15) is 40.0 Å². The molecule has 0 saturated carbocycles. The van der Waals surface area contributed by atoms with Gasteiger partial charge >= 0.3 is 11.4 Å². The van der Waals surface area contributed by atoms with E-state index >= 15 is 0 Å². The van der Waals surface area contributed by atoms with Gasteiger partial charge in [0.05, 0.1) is 12.1 Å². The van der Waals surface area contributed by atoms with E-state index < -0.39 is 0 Å². The Kier molecular flexibility index (Phi) is 2.46. The second-order valence-electron chi connectivity index (χ2n) is 6.48. The normalized spacial score (nSPS) is 25.2. The molecule has 0 saturated heterocycles. The molecule has 1 aromatic heterocycles. The van der Waals surface area contributed by atoms with Gasteiger partial charge in [-0.3, -0.25) is 0 Å². The lowest BCUT2D eigenvalue weighted by molar-refractivity contribution is 0.252. The fraction of sp³-hybridized carbons (Fsp3) is 0.714. The zero-order valence-corrected chi connectivity index (χ0v) is 12.1. The van der Waals surface area contributed by atoms with Gasteiger partial charge in [-0.25, -0.2) is 23.5 Å². The Morgan fingerprint density at radius 1 is 1.21 bits per heavy atom. The van der Waals surface area contributed by atoms with Gasteiger partial charge < -0.3 is 0 Å². The summed E-state index contributed by atoms with van der Waals surface area (Å²) in [5.74, 6) is 0.673. The summed E-state index contributed by atoms with van der Waals surface area (Å²) >= 11 is 0. The Hall–Kier alpha value is -1.52. The Morgan fingerprint density at radius 3 is 2.58 bits per heavy atom. The Labute approximate surface area is 112 Å². The smallest absolute Gasteiger partial charge is 0.246 e. The number of allylic oxidation sites excluding steroid dienone is 2. The van der Waals surface area contributed by atoms with Crippen LogP contribution in [0.2, 0.25) is 0 Å². The van der Waals surface area contributed by atoms with Crippen molar-refractivity contribution < 1.29 is 0 Å². The maximum atomic E-state index is 12.3. The van der Waals surface area contributed by atoms with Crippen molar-refractivity contribution in [2.75, 3.05) is 0 Å². The minimum atomic E-state index is -0.384. The quantitative estimate of drug-likeness (QED) is 0.661. The number of nitrogens with zero attached hydrogens (tertiary/aromatic N) is 3. The van der Waals surface area contributed by atoms with Crippen LogP contribution in [0.3, 0.4) is 0 Å². The highest BCUT2D eigenvalue weighted by molar-refractivity contribution is 5.28. The highest BCUT2D eigenvalue weighted by Gasteiger charge is 2.39. The minimum absolute atomic E-state index is 0.206. The lowest BCUT2D eigenvalue weighted by atomic mass is 9.76. The lowest BCUT2D eigenvalue weighted by Crippen LogP contribution is -2.47. The Morgan fingerprint density at radius 2 is 1.89 bits per heavy atom. The van der Waals surface area contributed by atoms with Crippen molar-refractivity contribution in [1.82, 2.24) is 13.9 Å². The van der Waals surface area contributed by atoms with Gasteiger partial charge in [0.2, 0.25) is 0 Å². The van der Waals surface area contributed by atoms with Crippen molar-refractivity contribution >= 4 is 0 Å². The summed E-state index contributed by atoms with van der Waals surface area (Å²) in [5, 5.41) is 0. The zero-order chi connectivity index (χ0) is 13.9. The van der Waals surface area contributed by atoms with E-state index in [2.05, 4.69) is 20.8 Å². The summed E-state index contributed by atoms with van der Waals surface area (Å²) < 4.78 is 4.47. The van der Waals surface area contributed by atoms with Crippen LogP contribution in [0.5, 0.6) is 0 Å². The molecule has 0 radical (unpaired) electrons. The fourth-order valence-corrected chi connectivity index (χ4v) is 3.69. The van der Waals surface area contributed by atoms with E-state index in [1.807, 2.05) is 0 Å². The van der Waals surface area contributed by atoms with Crippen LogP contribution in [0.4, 0.5) is 0 Å². The molecule has 104 valence electrons. The molecule has 0 amide bonds. The summed E-state index contributed by atoms with van der Waals surface area (Å²) in [4.78, 5) is 24.4. The predicted molar refractivity (Wildman–Crippen MR) is 73.3 cm³/mol. The molecule has 0 bridgehead atoms. The summed E-state index contributed by atoms with van der Waals surface area (Å²) in [6.45, 7) is 6.94. The fourth-order valence-electron chi connectivity index (χ4n) is 3.69. The van der Waals surface area contributed by atoms with Gasteiger partial charge in [-0.1, -0.05) is 6.92 Å². The molecule has 5 nitrogen and oxygen atoms in total. The van der Waals surface area contributed by atoms with E-state index in [-0.39, 0.29) is 16.9 Å². The van der Waals surface area contributed by atoms with Gasteiger partial charge in [0, 0.05) is 7.05 Å².